The van der Waals surface area contributed by atoms with Gasteiger partial charge in [0.05, 0.1) is 35.6 Å². The van der Waals surface area contributed by atoms with E-state index in [4.69, 9.17) is 0 Å². The first kappa shape index (κ1) is 17.7. The number of rotatable bonds is 2. The smallest absolute Gasteiger partial charge is 0.256 e. The van der Waals surface area contributed by atoms with E-state index >= 15 is 0 Å². The van der Waals surface area contributed by atoms with E-state index in [2.05, 4.69) is 9.97 Å². The lowest BCUT2D eigenvalue weighted by Crippen LogP contribution is -2.42. The number of hydrogen-bond acceptors (Lipinski definition) is 6. The first-order valence-corrected chi connectivity index (χ1v) is 10.7. The second kappa shape index (κ2) is 6.80. The van der Waals surface area contributed by atoms with Crippen molar-refractivity contribution in [2.24, 2.45) is 0 Å². The van der Waals surface area contributed by atoms with Crippen molar-refractivity contribution in [3.05, 3.63) is 57.8 Å². The number of para-hydroxylation sites is 1. The van der Waals surface area contributed by atoms with Gasteiger partial charge in [0.1, 0.15) is 0 Å². The van der Waals surface area contributed by atoms with Crippen LogP contribution in [0.15, 0.2) is 35.4 Å². The molecule has 1 N–H and O–H groups in total. The van der Waals surface area contributed by atoms with Gasteiger partial charge in [-0.25, -0.2) is 13.4 Å². The van der Waals surface area contributed by atoms with Gasteiger partial charge < -0.3 is 14.8 Å². The molecule has 1 saturated heterocycles. The Hall–Kier alpha value is -2.68. The van der Waals surface area contributed by atoms with E-state index in [9.17, 15) is 18.0 Å². The van der Waals surface area contributed by atoms with E-state index in [0.29, 0.717) is 49.4 Å². The number of fused-ring (bicyclic) bond motifs is 1. The van der Waals surface area contributed by atoms with Crippen LogP contribution in [-0.4, -0.2) is 60.3 Å². The van der Waals surface area contributed by atoms with E-state index < -0.39 is 9.84 Å². The Balaban J connectivity index is 1.59. The van der Waals surface area contributed by atoms with Gasteiger partial charge in [-0.05, 0) is 18.6 Å². The normalized spacial score (nSPS) is 18.8. The Kier molecular flexibility index (Phi) is 4.47. The molecule has 8 nitrogen and oxygen atoms in total. The van der Waals surface area contributed by atoms with Crippen LogP contribution >= 0.6 is 0 Å². The lowest BCUT2D eigenvalue weighted by Gasteiger charge is -2.32. The van der Waals surface area contributed by atoms with Crippen LogP contribution < -0.4 is 10.5 Å². The molecule has 0 radical (unpaired) electrons. The zero-order valence-electron chi connectivity index (χ0n) is 14.7. The maximum atomic E-state index is 13.2. The highest BCUT2D eigenvalue weighted by Crippen LogP contribution is 2.25. The van der Waals surface area contributed by atoms with Gasteiger partial charge in [-0.3, -0.25) is 9.59 Å². The van der Waals surface area contributed by atoms with Crippen molar-refractivity contribution in [2.45, 2.75) is 13.0 Å². The fourth-order valence-corrected chi connectivity index (χ4v) is 4.79. The van der Waals surface area contributed by atoms with E-state index in [1.54, 1.807) is 17.0 Å². The van der Waals surface area contributed by atoms with E-state index in [1.165, 1.54) is 6.33 Å². The highest BCUT2D eigenvalue weighted by atomic mass is 32.2. The molecule has 0 unspecified atom stereocenters. The summed E-state index contributed by atoms with van der Waals surface area (Å²) in [4.78, 5) is 35.4. The van der Waals surface area contributed by atoms with Crippen LogP contribution in [0.5, 0.6) is 0 Å². The number of nitrogens with one attached hydrogen (secondary N) is 1. The summed E-state index contributed by atoms with van der Waals surface area (Å²) in [6, 6.07) is 7.27. The fourth-order valence-electron chi connectivity index (χ4n) is 3.59. The molecule has 9 heteroatoms. The van der Waals surface area contributed by atoms with Crippen molar-refractivity contribution in [1.29, 1.82) is 0 Å². The molecule has 0 bridgehead atoms. The minimum Gasteiger partial charge on any atom is -0.369 e. The van der Waals surface area contributed by atoms with Gasteiger partial charge in [-0.1, -0.05) is 12.1 Å². The average Bonchev–Trinajstić information content (AvgIpc) is 2.67. The molecule has 4 rings (SSSR count). The fraction of sp³-hybridized carbons (Fsp3) is 0.389. The van der Waals surface area contributed by atoms with Crippen molar-refractivity contribution >= 4 is 21.4 Å². The number of benzene rings is 1. The maximum Gasteiger partial charge on any atom is 0.256 e. The molecule has 1 amide bonds. The minimum atomic E-state index is -2.99. The number of carbonyl (C=O) groups is 1. The van der Waals surface area contributed by atoms with Gasteiger partial charge in [-0.2, -0.15) is 0 Å². The number of nitrogens with zero attached hydrogens (tertiary/aromatic N) is 3. The second-order valence-electron chi connectivity index (χ2n) is 6.79. The predicted molar refractivity (Wildman–Crippen MR) is 101 cm³/mol. The van der Waals surface area contributed by atoms with Crippen LogP contribution in [-0.2, 0) is 22.8 Å². The summed E-state index contributed by atoms with van der Waals surface area (Å²) < 4.78 is 23.4. The highest BCUT2D eigenvalue weighted by Gasteiger charge is 2.28. The van der Waals surface area contributed by atoms with Crippen molar-refractivity contribution in [3.8, 4) is 0 Å². The van der Waals surface area contributed by atoms with Crippen LogP contribution in [0.3, 0.4) is 0 Å². The Bertz CT molecular complexity index is 1030. The molecule has 27 heavy (non-hydrogen) atoms. The van der Waals surface area contributed by atoms with Crippen LogP contribution in [0.2, 0.25) is 0 Å². The third kappa shape index (κ3) is 3.46. The van der Waals surface area contributed by atoms with Crippen LogP contribution in [0.25, 0.3) is 0 Å². The largest absolute Gasteiger partial charge is 0.369 e. The summed E-state index contributed by atoms with van der Waals surface area (Å²) in [7, 11) is -2.99. The van der Waals surface area contributed by atoms with E-state index in [0.717, 1.165) is 5.69 Å². The molecule has 1 fully saturated rings. The van der Waals surface area contributed by atoms with Gasteiger partial charge in [0.2, 0.25) is 0 Å². The van der Waals surface area contributed by atoms with Gasteiger partial charge >= 0.3 is 0 Å². The average molecular weight is 388 g/mol. The van der Waals surface area contributed by atoms with Gasteiger partial charge in [0, 0.05) is 30.9 Å². The monoisotopic (exact) mass is 388 g/mol. The quantitative estimate of drug-likeness (QED) is 0.789. The number of sulfone groups is 1. The molecule has 1 aromatic carbocycles. The predicted octanol–water partition coefficient (Wildman–Crippen LogP) is 0.203. The molecule has 0 spiro atoms. The summed E-state index contributed by atoms with van der Waals surface area (Å²) in [6.45, 7) is 1.50. The summed E-state index contributed by atoms with van der Waals surface area (Å²) in [6.07, 6.45) is 1.83. The van der Waals surface area contributed by atoms with Gasteiger partial charge in [0.15, 0.2) is 9.84 Å². The number of aromatic nitrogens is 2. The number of carbonyl (C=O) groups excluding carboxylic acids is 1. The second-order valence-corrected chi connectivity index (χ2v) is 9.09. The summed E-state index contributed by atoms with van der Waals surface area (Å²) in [5.74, 6) is 0.0605. The van der Waals surface area contributed by atoms with Crippen LogP contribution in [0.1, 0.15) is 21.6 Å². The minimum absolute atomic E-state index is 0.0965. The van der Waals surface area contributed by atoms with E-state index in [-0.39, 0.29) is 23.0 Å². The van der Waals surface area contributed by atoms with Crippen molar-refractivity contribution in [1.82, 2.24) is 14.9 Å². The molecule has 2 aliphatic rings. The molecule has 0 aliphatic carbocycles. The Morgan fingerprint density at radius 2 is 1.85 bits per heavy atom. The molecule has 142 valence electrons. The van der Waals surface area contributed by atoms with Crippen LogP contribution in [0.4, 0.5) is 5.69 Å². The lowest BCUT2D eigenvalue weighted by atomic mass is 10.0. The van der Waals surface area contributed by atoms with Crippen molar-refractivity contribution in [2.75, 3.05) is 36.0 Å². The molecular formula is C18H20N4O4S. The molecule has 0 saturated carbocycles. The third-order valence-corrected chi connectivity index (χ3v) is 6.73. The zero-order chi connectivity index (χ0) is 19.0. The van der Waals surface area contributed by atoms with Gasteiger partial charge in [-0.15, -0.1) is 0 Å². The molecular weight excluding hydrogens is 368 g/mol. The number of anilines is 1. The van der Waals surface area contributed by atoms with Gasteiger partial charge in [0.25, 0.3) is 11.5 Å². The number of H-pyrrole nitrogens is 1. The lowest BCUT2D eigenvalue weighted by molar-refractivity contribution is 0.0732. The Morgan fingerprint density at radius 3 is 2.63 bits per heavy atom. The summed E-state index contributed by atoms with van der Waals surface area (Å²) >= 11 is 0. The topological polar surface area (TPSA) is 103 Å². The number of amides is 1. The Morgan fingerprint density at radius 1 is 1.11 bits per heavy atom. The standard InChI is InChI=1S/C18H20N4O4S/c23-17-13-5-6-22(11-15(13)19-12-20-17)18(24)14-3-1-2-4-16(14)21-7-9-27(25,26)10-8-21/h1-4,12H,5-11H2,(H,19,20,23). The maximum absolute atomic E-state index is 13.2. The molecule has 2 aliphatic heterocycles. The number of hydrogen-bond donors (Lipinski definition) is 1. The highest BCUT2D eigenvalue weighted by molar-refractivity contribution is 7.91. The first-order chi connectivity index (χ1) is 12.9. The first-order valence-electron chi connectivity index (χ1n) is 8.84. The molecule has 1 aromatic heterocycles. The summed E-state index contributed by atoms with van der Waals surface area (Å²) in [5.41, 5.74) is 2.41. The summed E-state index contributed by atoms with van der Waals surface area (Å²) in [5, 5.41) is 0. The van der Waals surface area contributed by atoms with Crippen LogP contribution in [0, 0.1) is 0 Å². The third-order valence-electron chi connectivity index (χ3n) is 5.12. The van der Waals surface area contributed by atoms with Crippen molar-refractivity contribution < 1.29 is 13.2 Å². The molecule has 0 atom stereocenters. The SMILES string of the molecule is O=C(c1ccccc1N1CCS(=O)(=O)CC1)N1CCc2c(nc[nH]c2=O)C1. The van der Waals surface area contributed by atoms with E-state index in [1.807, 2.05) is 17.0 Å². The van der Waals surface area contributed by atoms with Crippen molar-refractivity contribution in [3.63, 3.8) is 0 Å². The Labute approximate surface area is 156 Å². The zero-order valence-corrected chi connectivity index (χ0v) is 15.5. The molecule has 3 heterocycles. The number of aromatic amines is 1. The molecule has 2 aromatic rings.